The number of ether oxygens (including phenoxy) is 1. The zero-order valence-electron chi connectivity index (χ0n) is 13.5. The number of hydrogen-bond acceptors (Lipinski definition) is 4. The molecule has 0 heterocycles. The van der Waals surface area contributed by atoms with Crippen LogP contribution in [0.25, 0.3) is 0 Å². The van der Waals surface area contributed by atoms with Crippen LogP contribution < -0.4 is 5.32 Å². The highest BCUT2D eigenvalue weighted by Gasteiger charge is 2.24. The summed E-state index contributed by atoms with van der Waals surface area (Å²) in [6, 6.07) is 0.584. The van der Waals surface area contributed by atoms with Gasteiger partial charge in [0.25, 0.3) is 0 Å². The van der Waals surface area contributed by atoms with E-state index in [4.69, 9.17) is 4.74 Å². The summed E-state index contributed by atoms with van der Waals surface area (Å²) in [5.41, 5.74) is 0. The monoisotopic (exact) mass is 313 g/mol. The third-order valence-corrected chi connectivity index (χ3v) is 6.02. The van der Waals surface area contributed by atoms with E-state index in [1.807, 2.05) is 11.8 Å². The Balaban J connectivity index is 1.53. The molecule has 122 valence electrons. The van der Waals surface area contributed by atoms with Crippen LogP contribution in [0.5, 0.6) is 0 Å². The molecule has 0 aromatic heterocycles. The highest BCUT2D eigenvalue weighted by atomic mass is 32.2. The lowest BCUT2D eigenvalue weighted by Crippen LogP contribution is -2.36. The van der Waals surface area contributed by atoms with E-state index in [2.05, 4.69) is 30.6 Å². The second kappa shape index (κ2) is 9.19. The van der Waals surface area contributed by atoms with E-state index in [9.17, 15) is 5.11 Å². The van der Waals surface area contributed by atoms with Crippen molar-refractivity contribution in [3.8, 4) is 0 Å². The molecular weight excluding hydrogens is 282 g/mol. The minimum Gasteiger partial charge on any atom is -0.389 e. The van der Waals surface area contributed by atoms with Crippen LogP contribution in [0, 0.1) is 11.8 Å². The fourth-order valence-corrected chi connectivity index (χ4v) is 4.09. The lowest BCUT2D eigenvalue weighted by Gasteiger charge is -2.25. The summed E-state index contributed by atoms with van der Waals surface area (Å²) in [4.78, 5) is 0. The summed E-state index contributed by atoms with van der Waals surface area (Å²) < 4.78 is 5.73. The average molecular weight is 314 g/mol. The Morgan fingerprint density at radius 3 is 2.86 bits per heavy atom. The van der Waals surface area contributed by atoms with E-state index in [1.165, 1.54) is 19.3 Å². The van der Waals surface area contributed by atoms with Gasteiger partial charge in [-0.05, 0) is 50.2 Å². The van der Waals surface area contributed by atoms with E-state index in [1.54, 1.807) is 0 Å². The van der Waals surface area contributed by atoms with Gasteiger partial charge in [0.1, 0.15) is 0 Å². The molecule has 0 aliphatic heterocycles. The van der Waals surface area contributed by atoms with Crippen LogP contribution >= 0.6 is 11.8 Å². The van der Waals surface area contributed by atoms with Crippen LogP contribution in [0.4, 0.5) is 0 Å². The van der Waals surface area contributed by atoms with Gasteiger partial charge in [0.05, 0.1) is 19.3 Å². The third kappa shape index (κ3) is 5.93. The third-order valence-electron chi connectivity index (χ3n) is 4.92. The molecule has 2 rings (SSSR count). The molecule has 5 unspecified atom stereocenters. The topological polar surface area (TPSA) is 41.5 Å². The number of aliphatic hydroxyl groups is 1. The molecule has 2 aliphatic rings. The van der Waals surface area contributed by atoms with Gasteiger partial charge in [-0.3, -0.25) is 0 Å². The molecule has 0 radical (unpaired) electrons. The SMILES string of the molecule is CSC1CCC(NCC(O)COCC2CC=CCC2C)C1. The van der Waals surface area contributed by atoms with Gasteiger partial charge in [0.2, 0.25) is 0 Å². The molecule has 4 heteroatoms. The summed E-state index contributed by atoms with van der Waals surface area (Å²) in [6.07, 6.45) is 12.4. The molecule has 0 aromatic rings. The number of allylic oxidation sites excluding steroid dienone is 2. The van der Waals surface area contributed by atoms with Gasteiger partial charge in [-0.15, -0.1) is 0 Å². The average Bonchev–Trinajstić information content (AvgIpc) is 2.95. The van der Waals surface area contributed by atoms with Crippen molar-refractivity contribution in [1.82, 2.24) is 5.32 Å². The Labute approximate surface area is 133 Å². The molecule has 3 nitrogen and oxygen atoms in total. The number of rotatable bonds is 8. The smallest absolute Gasteiger partial charge is 0.0897 e. The Morgan fingerprint density at radius 1 is 1.33 bits per heavy atom. The Bertz CT molecular complexity index is 324. The standard InChI is InChI=1S/C17H31NO2S/c1-13-5-3-4-6-14(13)11-20-12-16(19)10-18-15-7-8-17(9-15)21-2/h3-4,13-19H,5-12H2,1-2H3. The van der Waals surface area contributed by atoms with Crippen LogP contribution in [-0.2, 0) is 4.74 Å². The van der Waals surface area contributed by atoms with Crippen molar-refractivity contribution in [2.75, 3.05) is 26.0 Å². The lowest BCUT2D eigenvalue weighted by atomic mass is 9.85. The molecule has 0 bridgehead atoms. The van der Waals surface area contributed by atoms with Crippen LogP contribution in [-0.4, -0.2) is 48.5 Å². The van der Waals surface area contributed by atoms with E-state index < -0.39 is 0 Å². The fourth-order valence-electron chi connectivity index (χ4n) is 3.30. The van der Waals surface area contributed by atoms with Gasteiger partial charge in [-0.25, -0.2) is 0 Å². The van der Waals surface area contributed by atoms with Crippen molar-refractivity contribution in [3.63, 3.8) is 0 Å². The van der Waals surface area contributed by atoms with E-state index in [0.717, 1.165) is 24.7 Å². The Kier molecular flexibility index (Phi) is 7.58. The minimum absolute atomic E-state index is 0.382. The summed E-state index contributed by atoms with van der Waals surface area (Å²) in [5.74, 6) is 1.32. The van der Waals surface area contributed by atoms with Crippen LogP contribution in [0.3, 0.4) is 0 Å². The lowest BCUT2D eigenvalue weighted by molar-refractivity contribution is 0.0120. The van der Waals surface area contributed by atoms with E-state index in [-0.39, 0.29) is 6.10 Å². The van der Waals surface area contributed by atoms with Gasteiger partial charge in [0, 0.05) is 17.8 Å². The summed E-state index contributed by atoms with van der Waals surface area (Å²) in [7, 11) is 0. The van der Waals surface area contributed by atoms with Crippen molar-refractivity contribution in [1.29, 1.82) is 0 Å². The number of thioether (sulfide) groups is 1. The second-order valence-electron chi connectivity index (χ2n) is 6.65. The molecule has 21 heavy (non-hydrogen) atoms. The molecule has 5 atom stereocenters. The van der Waals surface area contributed by atoms with E-state index >= 15 is 0 Å². The van der Waals surface area contributed by atoms with Crippen molar-refractivity contribution >= 4 is 11.8 Å². The summed E-state index contributed by atoms with van der Waals surface area (Å²) >= 11 is 1.97. The molecule has 0 spiro atoms. The molecule has 2 aliphatic carbocycles. The largest absolute Gasteiger partial charge is 0.389 e. The van der Waals surface area contributed by atoms with Crippen molar-refractivity contribution in [2.24, 2.45) is 11.8 Å². The first kappa shape index (κ1) is 17.3. The quantitative estimate of drug-likeness (QED) is 0.676. The molecule has 0 saturated heterocycles. The molecule has 0 aromatic carbocycles. The maximum Gasteiger partial charge on any atom is 0.0897 e. The highest BCUT2D eigenvalue weighted by Crippen LogP contribution is 2.28. The van der Waals surface area contributed by atoms with Gasteiger partial charge in [-0.1, -0.05) is 19.1 Å². The van der Waals surface area contributed by atoms with E-state index in [0.29, 0.717) is 31.0 Å². The zero-order valence-corrected chi connectivity index (χ0v) is 14.3. The molecule has 0 amide bonds. The normalized spacial score (nSPS) is 34.2. The predicted octanol–water partition coefficient (Wildman–Crippen LogP) is 2.84. The zero-order chi connectivity index (χ0) is 15.1. The van der Waals surface area contributed by atoms with Crippen molar-refractivity contribution in [2.45, 2.75) is 56.4 Å². The first-order valence-corrected chi connectivity index (χ1v) is 9.64. The maximum atomic E-state index is 10.0. The van der Waals surface area contributed by atoms with Gasteiger partial charge < -0.3 is 15.2 Å². The van der Waals surface area contributed by atoms with Crippen LogP contribution in [0.15, 0.2) is 12.2 Å². The van der Waals surface area contributed by atoms with Crippen LogP contribution in [0.2, 0.25) is 0 Å². The molecule has 1 saturated carbocycles. The first-order chi connectivity index (χ1) is 10.2. The first-order valence-electron chi connectivity index (χ1n) is 8.36. The number of hydrogen-bond donors (Lipinski definition) is 2. The highest BCUT2D eigenvalue weighted by molar-refractivity contribution is 7.99. The van der Waals surface area contributed by atoms with Gasteiger partial charge >= 0.3 is 0 Å². The van der Waals surface area contributed by atoms with Crippen LogP contribution in [0.1, 0.15) is 39.0 Å². The Morgan fingerprint density at radius 2 is 2.14 bits per heavy atom. The van der Waals surface area contributed by atoms with Gasteiger partial charge in [0.15, 0.2) is 0 Å². The number of aliphatic hydroxyl groups excluding tert-OH is 1. The number of nitrogens with one attached hydrogen (secondary N) is 1. The van der Waals surface area contributed by atoms with Crippen molar-refractivity contribution < 1.29 is 9.84 Å². The minimum atomic E-state index is -0.382. The summed E-state index contributed by atoms with van der Waals surface area (Å²) in [6.45, 7) is 4.18. The second-order valence-corrected chi connectivity index (χ2v) is 7.79. The maximum absolute atomic E-state index is 10.0. The predicted molar refractivity (Wildman–Crippen MR) is 90.8 cm³/mol. The summed E-state index contributed by atoms with van der Waals surface area (Å²) in [5, 5.41) is 14.3. The Hall–Kier alpha value is -0.0300. The molecule has 1 fully saturated rings. The van der Waals surface area contributed by atoms with Crippen molar-refractivity contribution in [3.05, 3.63) is 12.2 Å². The van der Waals surface area contributed by atoms with Gasteiger partial charge in [-0.2, -0.15) is 11.8 Å². The molecular formula is C17H31NO2S. The molecule has 2 N–H and O–H groups in total. The fraction of sp³-hybridized carbons (Fsp3) is 0.882.